The number of urea groups is 1. The number of pyridine rings is 2. The molecule has 0 aliphatic heterocycles. The molecular formula is C35H45N5O3. The minimum Gasteiger partial charge on any atom is -0.492 e. The highest BCUT2D eigenvalue weighted by molar-refractivity contribution is 6.03. The first kappa shape index (κ1) is 31.8. The average Bonchev–Trinajstić information content (AvgIpc) is 2.97. The van der Waals surface area contributed by atoms with Gasteiger partial charge in [-0.05, 0) is 97.1 Å². The molecule has 0 spiro atoms. The number of amides is 2. The van der Waals surface area contributed by atoms with Crippen LogP contribution in [0.25, 0.3) is 22.2 Å². The van der Waals surface area contributed by atoms with Crippen LogP contribution in [0, 0.1) is 0 Å². The smallest absolute Gasteiger partial charge is 0.326 e. The largest absolute Gasteiger partial charge is 0.492 e. The summed E-state index contributed by atoms with van der Waals surface area (Å²) < 4.78 is 6.01. The number of nitrogens with one attached hydrogen (secondary N) is 2. The number of anilines is 2. The summed E-state index contributed by atoms with van der Waals surface area (Å²) in [6.45, 7) is 12.5. The Balaban J connectivity index is 1.73. The molecule has 228 valence electrons. The van der Waals surface area contributed by atoms with Crippen molar-refractivity contribution in [2.45, 2.75) is 59.3 Å². The van der Waals surface area contributed by atoms with Crippen LogP contribution in [0.4, 0.5) is 16.2 Å². The summed E-state index contributed by atoms with van der Waals surface area (Å²) in [5.74, 6) is 1.12. The number of benzene rings is 2. The van der Waals surface area contributed by atoms with Crippen molar-refractivity contribution in [1.29, 1.82) is 0 Å². The maximum atomic E-state index is 14.0. The van der Waals surface area contributed by atoms with Gasteiger partial charge in [-0.2, -0.15) is 0 Å². The Labute approximate surface area is 255 Å². The second-order valence-electron chi connectivity index (χ2n) is 11.9. The molecule has 43 heavy (non-hydrogen) atoms. The van der Waals surface area contributed by atoms with E-state index in [0.717, 1.165) is 58.5 Å². The minimum absolute atomic E-state index is 0.145. The van der Waals surface area contributed by atoms with E-state index >= 15 is 0 Å². The lowest BCUT2D eigenvalue weighted by Crippen LogP contribution is -2.39. The van der Waals surface area contributed by atoms with Gasteiger partial charge in [-0.1, -0.05) is 53.2 Å². The number of hydrogen-bond acceptors (Lipinski definition) is 5. The van der Waals surface area contributed by atoms with Crippen molar-refractivity contribution < 1.29 is 9.53 Å². The molecule has 2 amide bonds. The number of rotatable bonds is 12. The van der Waals surface area contributed by atoms with Gasteiger partial charge in [0.05, 0.1) is 0 Å². The van der Waals surface area contributed by atoms with Crippen LogP contribution in [0.3, 0.4) is 0 Å². The zero-order valence-corrected chi connectivity index (χ0v) is 26.5. The van der Waals surface area contributed by atoms with Crippen LogP contribution in [0.1, 0.15) is 70.4 Å². The molecule has 0 bridgehead atoms. The van der Waals surface area contributed by atoms with Gasteiger partial charge in [0.1, 0.15) is 23.7 Å². The number of likely N-dealkylation sites (N-methyl/N-ethyl adjacent to an activating group) is 1. The third-order valence-corrected chi connectivity index (χ3v) is 7.52. The molecule has 2 aromatic carbocycles. The lowest BCUT2D eigenvalue weighted by atomic mass is 9.88. The van der Waals surface area contributed by atoms with Crippen LogP contribution in [-0.2, 0) is 0 Å². The van der Waals surface area contributed by atoms with Crippen LogP contribution in [-0.4, -0.2) is 54.7 Å². The molecule has 0 aliphatic carbocycles. The van der Waals surface area contributed by atoms with Gasteiger partial charge in [0.25, 0.3) is 5.56 Å². The predicted octanol–water partition coefficient (Wildman–Crippen LogP) is 7.62. The van der Waals surface area contributed by atoms with E-state index in [9.17, 15) is 9.59 Å². The van der Waals surface area contributed by atoms with Crippen LogP contribution in [0.2, 0.25) is 0 Å². The molecule has 0 atom stereocenters. The number of hydrogen-bond donors (Lipinski definition) is 2. The standard InChI is InChI=1S/C35H45N5O3/c1-8-9-16-40(31-22-26-13-11-15-36-33(26)38-34(31)41)35(42)37-32-29(23(2)3)20-27(21-30(32)24(4)5)25-12-10-14-28(19-25)43-18-17-39(6)7/h10-15,19-24H,8-9,16-18H2,1-7H3,(H,37,42)(H,36,38,41). The molecule has 4 aromatic rings. The molecule has 8 nitrogen and oxygen atoms in total. The molecule has 2 aromatic heterocycles. The maximum absolute atomic E-state index is 14.0. The van der Waals surface area contributed by atoms with Gasteiger partial charge in [0.15, 0.2) is 0 Å². The quantitative estimate of drug-likeness (QED) is 0.179. The molecule has 0 fully saturated rings. The first-order valence-electron chi connectivity index (χ1n) is 15.2. The number of nitrogens with zero attached hydrogens (tertiary/aromatic N) is 3. The van der Waals surface area contributed by atoms with Crippen molar-refractivity contribution in [3.05, 3.63) is 82.3 Å². The number of unbranched alkanes of at least 4 members (excludes halogenated alkanes) is 1. The van der Waals surface area contributed by atoms with Crippen molar-refractivity contribution >= 4 is 28.4 Å². The lowest BCUT2D eigenvalue weighted by molar-refractivity contribution is 0.256. The second kappa shape index (κ2) is 14.3. The SMILES string of the molecule is CCCCN(C(=O)Nc1c(C(C)C)cc(-c2cccc(OCCN(C)C)c2)cc1C(C)C)c1cc2cccnc2[nH]c1=O. The molecular weight excluding hydrogens is 538 g/mol. The maximum Gasteiger partial charge on any atom is 0.326 e. The van der Waals surface area contributed by atoms with Crippen molar-refractivity contribution in [3.63, 3.8) is 0 Å². The fourth-order valence-electron chi connectivity index (χ4n) is 5.07. The molecule has 2 N–H and O–H groups in total. The van der Waals surface area contributed by atoms with Gasteiger partial charge in [-0.25, -0.2) is 9.78 Å². The topological polar surface area (TPSA) is 90.6 Å². The number of H-pyrrole nitrogens is 1. The number of ether oxygens (including phenoxy) is 1. The number of aromatic nitrogens is 2. The summed E-state index contributed by atoms with van der Waals surface area (Å²) in [5, 5.41) is 4.01. The van der Waals surface area contributed by atoms with Crippen molar-refractivity contribution in [2.75, 3.05) is 44.0 Å². The van der Waals surface area contributed by atoms with E-state index < -0.39 is 0 Å². The zero-order chi connectivity index (χ0) is 31.1. The Kier molecular flexibility index (Phi) is 10.6. The Morgan fingerprint density at radius 1 is 0.953 bits per heavy atom. The van der Waals surface area contributed by atoms with Crippen LogP contribution in [0.15, 0.2) is 65.6 Å². The molecule has 0 aliphatic rings. The van der Waals surface area contributed by atoms with Gasteiger partial charge in [0.2, 0.25) is 0 Å². The first-order chi connectivity index (χ1) is 20.6. The van der Waals surface area contributed by atoms with Gasteiger partial charge in [-0.15, -0.1) is 0 Å². The normalized spacial score (nSPS) is 11.5. The summed E-state index contributed by atoms with van der Waals surface area (Å²) in [6.07, 6.45) is 3.29. The fraction of sp³-hybridized carbons (Fsp3) is 0.400. The number of carbonyl (C=O) groups excluding carboxylic acids is 1. The van der Waals surface area contributed by atoms with Gasteiger partial charge < -0.3 is 19.9 Å². The van der Waals surface area contributed by atoms with Crippen molar-refractivity contribution in [2.24, 2.45) is 0 Å². The number of carbonyl (C=O) groups is 1. The molecule has 0 unspecified atom stereocenters. The number of aromatic amines is 1. The molecule has 0 radical (unpaired) electrons. The summed E-state index contributed by atoms with van der Waals surface area (Å²) in [6, 6.07) is 17.6. The monoisotopic (exact) mass is 583 g/mol. The molecule has 2 heterocycles. The van der Waals surface area contributed by atoms with Crippen LogP contribution in [0.5, 0.6) is 5.75 Å². The second-order valence-corrected chi connectivity index (χ2v) is 11.9. The third-order valence-electron chi connectivity index (χ3n) is 7.52. The Hall–Kier alpha value is -4.17. The summed E-state index contributed by atoms with van der Waals surface area (Å²) in [5.41, 5.74) is 5.49. The molecule has 8 heteroatoms. The van der Waals surface area contributed by atoms with Crippen LogP contribution < -0.4 is 20.5 Å². The Morgan fingerprint density at radius 2 is 1.67 bits per heavy atom. The van der Waals surface area contributed by atoms with Crippen molar-refractivity contribution in [3.8, 4) is 16.9 Å². The van der Waals surface area contributed by atoms with E-state index in [1.165, 1.54) is 0 Å². The van der Waals surface area contributed by atoms with Gasteiger partial charge in [-0.3, -0.25) is 9.69 Å². The van der Waals surface area contributed by atoms with E-state index in [1.54, 1.807) is 17.2 Å². The highest BCUT2D eigenvalue weighted by Gasteiger charge is 2.24. The van der Waals surface area contributed by atoms with E-state index in [0.29, 0.717) is 24.5 Å². The molecule has 0 saturated carbocycles. The van der Waals surface area contributed by atoms with E-state index in [2.05, 4.69) is 79.1 Å². The minimum atomic E-state index is -0.339. The Morgan fingerprint density at radius 3 is 2.33 bits per heavy atom. The summed E-state index contributed by atoms with van der Waals surface area (Å²) >= 11 is 0. The zero-order valence-electron chi connectivity index (χ0n) is 26.5. The predicted molar refractivity (Wildman–Crippen MR) is 178 cm³/mol. The van der Waals surface area contributed by atoms with Gasteiger partial charge in [0, 0.05) is 30.4 Å². The fourth-order valence-corrected chi connectivity index (χ4v) is 5.07. The average molecular weight is 584 g/mol. The number of fused-ring (bicyclic) bond motifs is 1. The molecule has 4 rings (SSSR count). The lowest BCUT2D eigenvalue weighted by Gasteiger charge is -2.27. The third kappa shape index (κ3) is 7.82. The highest BCUT2D eigenvalue weighted by Crippen LogP contribution is 2.38. The van der Waals surface area contributed by atoms with E-state index in [-0.39, 0.29) is 23.4 Å². The van der Waals surface area contributed by atoms with Crippen molar-refractivity contribution in [1.82, 2.24) is 14.9 Å². The summed E-state index contributed by atoms with van der Waals surface area (Å²) in [4.78, 5) is 37.9. The van der Waals surface area contributed by atoms with Gasteiger partial charge >= 0.3 is 6.03 Å². The first-order valence-corrected chi connectivity index (χ1v) is 15.2. The summed E-state index contributed by atoms with van der Waals surface area (Å²) in [7, 11) is 4.06. The van der Waals surface area contributed by atoms with E-state index in [1.807, 2.05) is 38.4 Å². The van der Waals surface area contributed by atoms with E-state index in [4.69, 9.17) is 4.74 Å². The molecule has 0 saturated heterocycles. The Bertz CT molecular complexity index is 1580. The van der Waals surface area contributed by atoms with Crippen LogP contribution >= 0.6 is 0 Å². The highest BCUT2D eigenvalue weighted by atomic mass is 16.5.